The number of sulfonamides is 1. The number of piperazine rings is 1. The first kappa shape index (κ1) is 22.8. The average Bonchev–Trinajstić information content (AvgIpc) is 2.64. The third kappa shape index (κ3) is 5.54. The molecule has 1 aromatic carbocycles. The lowest BCUT2D eigenvalue weighted by atomic mass is 9.96. The number of aryl methyl sites for hydroxylation is 1. The molecule has 2 rings (SSSR count). The van der Waals surface area contributed by atoms with Crippen LogP contribution in [0.1, 0.15) is 18.1 Å². The lowest BCUT2D eigenvalue weighted by molar-refractivity contribution is -0.150. The maximum Gasteiger partial charge on any atom is 0.247 e. The van der Waals surface area contributed by atoms with Gasteiger partial charge in [0, 0.05) is 20.1 Å². The number of benzene rings is 1. The van der Waals surface area contributed by atoms with Crippen LogP contribution in [0.3, 0.4) is 0 Å². The Balaban J connectivity index is 1.90. The molecule has 2 N–H and O–H groups in total. The molecule has 29 heavy (non-hydrogen) atoms. The standard InChI is InChI=1S/C19H28N4O5S/c1-14-7-5-6-8-15(14)9-10-20-16(24)11-21-18(26)19(2)13-23(29(4,27)28)12-17(25)22(19)3/h5-8H,9-13H2,1-4H3,(H,20,24)(H,21,26)/t19-/m0/s1. The Kier molecular flexibility index (Phi) is 7.02. The van der Waals surface area contributed by atoms with Gasteiger partial charge in [-0.25, -0.2) is 8.42 Å². The summed E-state index contributed by atoms with van der Waals surface area (Å²) in [5.74, 6) is -1.43. The molecule has 1 aromatic rings. The molecule has 9 nitrogen and oxygen atoms in total. The lowest BCUT2D eigenvalue weighted by Crippen LogP contribution is -2.68. The number of nitrogens with zero attached hydrogens (tertiary/aromatic N) is 2. The quantitative estimate of drug-likeness (QED) is 0.598. The van der Waals surface area contributed by atoms with Crippen LogP contribution in [0.5, 0.6) is 0 Å². The van der Waals surface area contributed by atoms with Crippen molar-refractivity contribution in [2.45, 2.75) is 25.8 Å². The van der Waals surface area contributed by atoms with E-state index < -0.39 is 27.4 Å². The number of carbonyl (C=O) groups is 3. The monoisotopic (exact) mass is 424 g/mol. The summed E-state index contributed by atoms with van der Waals surface area (Å²) in [7, 11) is -2.19. The number of carbonyl (C=O) groups excluding carboxylic acids is 3. The third-order valence-corrected chi connectivity index (χ3v) is 6.45. The maximum atomic E-state index is 12.7. The predicted octanol–water partition coefficient (Wildman–Crippen LogP) is -0.738. The van der Waals surface area contributed by atoms with E-state index in [0.29, 0.717) is 13.0 Å². The molecule has 0 radical (unpaired) electrons. The van der Waals surface area contributed by atoms with Crippen molar-refractivity contribution in [3.05, 3.63) is 35.4 Å². The second-order valence-electron chi connectivity index (χ2n) is 7.47. The number of amides is 3. The van der Waals surface area contributed by atoms with Gasteiger partial charge in [0.05, 0.1) is 19.3 Å². The van der Waals surface area contributed by atoms with Gasteiger partial charge in [0.25, 0.3) is 0 Å². The SMILES string of the molecule is Cc1ccccc1CCNC(=O)CNC(=O)[C@]1(C)CN(S(C)(=O)=O)CC(=O)N1C. The van der Waals surface area contributed by atoms with Crippen molar-refractivity contribution in [2.75, 3.05) is 39.5 Å². The minimum absolute atomic E-state index is 0.172. The first-order chi connectivity index (χ1) is 13.4. The molecule has 0 bridgehead atoms. The molecule has 1 fully saturated rings. The molecule has 0 aliphatic carbocycles. The van der Waals surface area contributed by atoms with Gasteiger partial charge in [0.15, 0.2) is 0 Å². The highest BCUT2D eigenvalue weighted by Gasteiger charge is 2.47. The molecule has 1 heterocycles. The first-order valence-electron chi connectivity index (χ1n) is 9.26. The lowest BCUT2D eigenvalue weighted by Gasteiger charge is -2.44. The molecule has 0 saturated carbocycles. The predicted molar refractivity (Wildman–Crippen MR) is 108 cm³/mol. The fraction of sp³-hybridized carbons (Fsp3) is 0.526. The van der Waals surface area contributed by atoms with Crippen molar-refractivity contribution in [1.29, 1.82) is 0 Å². The third-order valence-electron chi connectivity index (χ3n) is 5.26. The second-order valence-corrected chi connectivity index (χ2v) is 9.45. The molecule has 0 unspecified atom stereocenters. The van der Waals surface area contributed by atoms with Crippen LogP contribution in [0.4, 0.5) is 0 Å². The summed E-state index contributed by atoms with van der Waals surface area (Å²) in [6.07, 6.45) is 1.66. The van der Waals surface area contributed by atoms with Crippen LogP contribution < -0.4 is 10.6 Å². The van der Waals surface area contributed by atoms with E-state index >= 15 is 0 Å². The van der Waals surface area contributed by atoms with Gasteiger partial charge in [-0.2, -0.15) is 4.31 Å². The molecule has 3 amide bonds. The Hall–Kier alpha value is -2.46. The van der Waals surface area contributed by atoms with E-state index in [4.69, 9.17) is 0 Å². The zero-order chi connectivity index (χ0) is 21.8. The molecule has 1 saturated heterocycles. The van der Waals surface area contributed by atoms with E-state index in [0.717, 1.165) is 21.7 Å². The van der Waals surface area contributed by atoms with Gasteiger partial charge in [-0.15, -0.1) is 0 Å². The zero-order valence-corrected chi connectivity index (χ0v) is 18.0. The minimum atomic E-state index is -3.63. The van der Waals surface area contributed by atoms with Gasteiger partial charge in [-0.1, -0.05) is 24.3 Å². The van der Waals surface area contributed by atoms with Crippen molar-refractivity contribution in [2.24, 2.45) is 0 Å². The largest absolute Gasteiger partial charge is 0.354 e. The Bertz CT molecular complexity index is 902. The summed E-state index contributed by atoms with van der Waals surface area (Å²) in [5, 5.41) is 5.25. The van der Waals surface area contributed by atoms with Gasteiger partial charge < -0.3 is 15.5 Å². The van der Waals surface area contributed by atoms with Crippen LogP contribution in [-0.2, 0) is 30.8 Å². The molecule has 1 aliphatic rings. The van der Waals surface area contributed by atoms with Gasteiger partial charge in [-0.05, 0) is 31.4 Å². The zero-order valence-electron chi connectivity index (χ0n) is 17.2. The van der Waals surface area contributed by atoms with Crippen molar-refractivity contribution in [3.63, 3.8) is 0 Å². The molecule has 160 valence electrons. The molecule has 0 aromatic heterocycles. The Labute approximate surface area is 171 Å². The van der Waals surface area contributed by atoms with Crippen LogP contribution in [0.2, 0.25) is 0 Å². The summed E-state index contributed by atoms with van der Waals surface area (Å²) in [6.45, 7) is 3.17. The molecule has 0 spiro atoms. The number of hydrogen-bond donors (Lipinski definition) is 2. The van der Waals surface area contributed by atoms with Gasteiger partial charge >= 0.3 is 0 Å². The van der Waals surface area contributed by atoms with Gasteiger partial charge in [0.2, 0.25) is 27.7 Å². The summed E-state index contributed by atoms with van der Waals surface area (Å²) in [6, 6.07) is 7.88. The van der Waals surface area contributed by atoms with Gasteiger partial charge in [-0.3, -0.25) is 14.4 Å². The molecule has 10 heteroatoms. The fourth-order valence-corrected chi connectivity index (χ4v) is 3.97. The molecule has 1 atom stereocenters. The van der Waals surface area contributed by atoms with E-state index in [1.54, 1.807) is 0 Å². The summed E-state index contributed by atoms with van der Waals surface area (Å²) in [5.41, 5.74) is 0.871. The molecular formula is C19H28N4O5S. The van der Waals surface area contributed by atoms with Crippen molar-refractivity contribution < 1.29 is 22.8 Å². The average molecular weight is 425 g/mol. The van der Waals surface area contributed by atoms with Crippen molar-refractivity contribution in [3.8, 4) is 0 Å². The smallest absolute Gasteiger partial charge is 0.247 e. The highest BCUT2D eigenvalue weighted by Crippen LogP contribution is 2.22. The van der Waals surface area contributed by atoms with Crippen LogP contribution >= 0.6 is 0 Å². The van der Waals surface area contributed by atoms with E-state index in [-0.39, 0.29) is 25.5 Å². The van der Waals surface area contributed by atoms with Crippen LogP contribution in [0.25, 0.3) is 0 Å². The van der Waals surface area contributed by atoms with Crippen LogP contribution in [-0.4, -0.2) is 80.4 Å². The van der Waals surface area contributed by atoms with E-state index in [1.165, 1.54) is 18.9 Å². The number of likely N-dealkylation sites (N-methyl/N-ethyl adjacent to an activating group) is 1. The van der Waals surface area contributed by atoms with Crippen molar-refractivity contribution in [1.82, 2.24) is 19.8 Å². The van der Waals surface area contributed by atoms with Crippen LogP contribution in [0, 0.1) is 6.92 Å². The highest BCUT2D eigenvalue weighted by molar-refractivity contribution is 7.88. The summed E-state index contributed by atoms with van der Waals surface area (Å²) < 4.78 is 24.6. The van der Waals surface area contributed by atoms with E-state index in [9.17, 15) is 22.8 Å². The van der Waals surface area contributed by atoms with Crippen LogP contribution in [0.15, 0.2) is 24.3 Å². The number of nitrogens with one attached hydrogen (secondary N) is 2. The Morgan fingerprint density at radius 2 is 1.86 bits per heavy atom. The molecule has 1 aliphatic heterocycles. The van der Waals surface area contributed by atoms with E-state index in [2.05, 4.69) is 10.6 Å². The van der Waals surface area contributed by atoms with Crippen molar-refractivity contribution >= 4 is 27.7 Å². The highest BCUT2D eigenvalue weighted by atomic mass is 32.2. The Morgan fingerprint density at radius 3 is 2.48 bits per heavy atom. The van der Waals surface area contributed by atoms with E-state index in [1.807, 2.05) is 31.2 Å². The number of rotatable bonds is 7. The summed E-state index contributed by atoms with van der Waals surface area (Å²) >= 11 is 0. The maximum absolute atomic E-state index is 12.7. The topological polar surface area (TPSA) is 116 Å². The Morgan fingerprint density at radius 1 is 1.21 bits per heavy atom. The minimum Gasteiger partial charge on any atom is -0.354 e. The first-order valence-corrected chi connectivity index (χ1v) is 11.1. The second kappa shape index (κ2) is 8.91. The normalized spacial score (nSPS) is 20.4. The fourth-order valence-electron chi connectivity index (χ4n) is 3.14. The molecular weight excluding hydrogens is 396 g/mol. The number of hydrogen-bond acceptors (Lipinski definition) is 5. The summed E-state index contributed by atoms with van der Waals surface area (Å²) in [4.78, 5) is 38.1. The van der Waals surface area contributed by atoms with Gasteiger partial charge in [0.1, 0.15) is 5.54 Å².